The first kappa shape index (κ1) is 23.1. The number of halogens is 2. The largest absolute Gasteiger partial charge is 0.355 e. The van der Waals surface area contributed by atoms with Gasteiger partial charge in [0.25, 0.3) is 0 Å². The highest BCUT2D eigenvalue weighted by molar-refractivity contribution is 7.99. The van der Waals surface area contributed by atoms with E-state index in [1.165, 1.54) is 0 Å². The van der Waals surface area contributed by atoms with E-state index >= 15 is 0 Å². The molecule has 0 bridgehead atoms. The Labute approximate surface area is 170 Å². The molecule has 1 aromatic carbocycles. The molecule has 1 fully saturated rings. The number of thioether (sulfide) groups is 1. The van der Waals surface area contributed by atoms with Crippen LogP contribution < -0.4 is 11.1 Å². The van der Waals surface area contributed by atoms with Gasteiger partial charge in [0.05, 0.1) is 5.92 Å². The molecule has 1 aliphatic rings. The van der Waals surface area contributed by atoms with Crippen LogP contribution in [-0.2, 0) is 9.59 Å². The van der Waals surface area contributed by atoms with E-state index in [-0.39, 0.29) is 30.1 Å². The Bertz CT molecular complexity index is 572. The van der Waals surface area contributed by atoms with Gasteiger partial charge in [-0.05, 0) is 49.3 Å². The average Bonchev–Trinajstić information content (AvgIpc) is 2.64. The molecule has 1 aliphatic heterocycles. The molecule has 2 rings (SSSR count). The molecule has 1 heterocycles. The lowest BCUT2D eigenvalue weighted by Gasteiger charge is -2.32. The van der Waals surface area contributed by atoms with Crippen LogP contribution >= 0.6 is 35.8 Å². The number of nitrogens with two attached hydrogens (primary N) is 1. The number of likely N-dealkylation sites (tertiary alicyclic amines) is 1. The zero-order valence-corrected chi connectivity index (χ0v) is 17.2. The lowest BCUT2D eigenvalue weighted by Crippen LogP contribution is -2.46. The summed E-state index contributed by atoms with van der Waals surface area (Å²) < 4.78 is 0. The first-order valence-electron chi connectivity index (χ1n) is 8.74. The van der Waals surface area contributed by atoms with E-state index in [4.69, 9.17) is 17.3 Å². The van der Waals surface area contributed by atoms with Crippen molar-refractivity contribution < 1.29 is 9.59 Å². The molecule has 1 saturated heterocycles. The molecule has 8 heteroatoms. The van der Waals surface area contributed by atoms with Crippen LogP contribution in [0.3, 0.4) is 0 Å². The zero-order chi connectivity index (χ0) is 18.1. The Morgan fingerprint density at radius 2 is 2.04 bits per heavy atom. The molecular weight excluding hydrogens is 393 g/mol. The number of benzene rings is 1. The minimum absolute atomic E-state index is 0. The summed E-state index contributed by atoms with van der Waals surface area (Å²) in [7, 11) is 0. The van der Waals surface area contributed by atoms with Crippen molar-refractivity contribution in [2.45, 2.75) is 30.6 Å². The Morgan fingerprint density at radius 1 is 1.31 bits per heavy atom. The van der Waals surface area contributed by atoms with Crippen LogP contribution in [0.25, 0.3) is 0 Å². The summed E-state index contributed by atoms with van der Waals surface area (Å²) in [5, 5.41) is 3.55. The van der Waals surface area contributed by atoms with Crippen LogP contribution in [0.1, 0.15) is 25.7 Å². The number of hydrogen-bond acceptors (Lipinski definition) is 4. The van der Waals surface area contributed by atoms with Crippen molar-refractivity contribution in [2.24, 2.45) is 11.7 Å². The molecule has 0 aromatic heterocycles. The number of hydrogen-bond donors (Lipinski definition) is 2. The van der Waals surface area contributed by atoms with Gasteiger partial charge in [-0.2, -0.15) is 0 Å². The van der Waals surface area contributed by atoms with Gasteiger partial charge in [0.2, 0.25) is 11.8 Å². The molecule has 3 N–H and O–H groups in total. The van der Waals surface area contributed by atoms with Gasteiger partial charge in [0.1, 0.15) is 0 Å². The smallest absolute Gasteiger partial charge is 0.224 e. The zero-order valence-electron chi connectivity index (χ0n) is 14.8. The van der Waals surface area contributed by atoms with E-state index in [9.17, 15) is 9.59 Å². The summed E-state index contributed by atoms with van der Waals surface area (Å²) in [6, 6.07) is 7.73. The fraction of sp³-hybridized carbons (Fsp3) is 0.556. The van der Waals surface area contributed by atoms with Crippen molar-refractivity contribution >= 4 is 47.6 Å². The predicted octanol–water partition coefficient (Wildman–Crippen LogP) is 2.95. The fourth-order valence-corrected chi connectivity index (χ4v) is 3.84. The van der Waals surface area contributed by atoms with E-state index in [0.29, 0.717) is 26.1 Å². The molecular formula is C18H27Cl2N3O2S. The van der Waals surface area contributed by atoms with Gasteiger partial charge in [-0.1, -0.05) is 11.6 Å². The average molecular weight is 420 g/mol. The lowest BCUT2D eigenvalue weighted by atomic mass is 9.97. The first-order chi connectivity index (χ1) is 12.1. The Hall–Kier alpha value is -0.950. The molecule has 0 saturated carbocycles. The van der Waals surface area contributed by atoms with Crippen LogP contribution in [0.5, 0.6) is 0 Å². The summed E-state index contributed by atoms with van der Waals surface area (Å²) in [6.07, 6.45) is 3.07. The third kappa shape index (κ3) is 7.74. The standard InChI is InChI=1S/C18H26ClN3O2S.ClH/c19-15-5-7-16(8-6-15)25-12-2-4-17(23)22-11-1-3-14(13-22)18(24)21-10-9-20;/h5-8,14H,1-4,9-13,20H2,(H,21,24);1H. The number of carbonyl (C=O) groups excluding carboxylic acids is 2. The van der Waals surface area contributed by atoms with Gasteiger partial charge in [0, 0.05) is 42.5 Å². The number of nitrogens with one attached hydrogen (secondary N) is 1. The highest BCUT2D eigenvalue weighted by Gasteiger charge is 2.27. The molecule has 2 amide bonds. The van der Waals surface area contributed by atoms with Crippen molar-refractivity contribution in [3.63, 3.8) is 0 Å². The van der Waals surface area contributed by atoms with Crippen LogP contribution in [-0.4, -0.2) is 48.6 Å². The van der Waals surface area contributed by atoms with Gasteiger partial charge in [0.15, 0.2) is 0 Å². The van der Waals surface area contributed by atoms with Crippen LogP contribution in [0, 0.1) is 5.92 Å². The van der Waals surface area contributed by atoms with Crippen LogP contribution in [0.4, 0.5) is 0 Å². The van der Waals surface area contributed by atoms with Crippen molar-refractivity contribution in [3.8, 4) is 0 Å². The molecule has 1 unspecified atom stereocenters. The second-order valence-corrected chi connectivity index (χ2v) is 7.77. The first-order valence-corrected chi connectivity index (χ1v) is 10.1. The van der Waals surface area contributed by atoms with Crippen molar-refractivity contribution in [1.82, 2.24) is 10.2 Å². The van der Waals surface area contributed by atoms with Gasteiger partial charge >= 0.3 is 0 Å². The van der Waals surface area contributed by atoms with Gasteiger partial charge in [-0.25, -0.2) is 0 Å². The summed E-state index contributed by atoms with van der Waals surface area (Å²) in [5.41, 5.74) is 5.41. The highest BCUT2D eigenvalue weighted by Crippen LogP contribution is 2.22. The summed E-state index contributed by atoms with van der Waals surface area (Å²) >= 11 is 7.60. The quantitative estimate of drug-likeness (QED) is 0.501. The third-order valence-electron chi connectivity index (χ3n) is 4.21. The number of nitrogens with zero attached hydrogens (tertiary/aromatic N) is 1. The summed E-state index contributed by atoms with van der Waals surface area (Å²) in [4.78, 5) is 27.4. The van der Waals surface area contributed by atoms with Crippen molar-refractivity contribution in [1.29, 1.82) is 0 Å². The molecule has 0 aliphatic carbocycles. The minimum atomic E-state index is -0.104. The second kappa shape index (κ2) is 12.4. The van der Waals surface area contributed by atoms with E-state index < -0.39 is 0 Å². The Kier molecular flexibility index (Phi) is 11.0. The number of piperidine rings is 1. The van der Waals surface area contributed by atoms with Crippen LogP contribution in [0.2, 0.25) is 5.02 Å². The van der Waals surface area contributed by atoms with E-state index in [0.717, 1.165) is 41.5 Å². The Balaban J connectivity index is 0.00000338. The van der Waals surface area contributed by atoms with Gasteiger partial charge in [-0.3, -0.25) is 9.59 Å². The molecule has 26 heavy (non-hydrogen) atoms. The molecule has 146 valence electrons. The summed E-state index contributed by atoms with van der Waals surface area (Å²) in [6.45, 7) is 2.21. The molecule has 1 atom stereocenters. The van der Waals surface area contributed by atoms with E-state index in [1.54, 1.807) is 11.8 Å². The highest BCUT2D eigenvalue weighted by atomic mass is 35.5. The maximum absolute atomic E-state index is 12.4. The molecule has 0 radical (unpaired) electrons. The number of amides is 2. The molecule has 0 spiro atoms. The third-order valence-corrected chi connectivity index (χ3v) is 5.56. The number of rotatable bonds is 8. The minimum Gasteiger partial charge on any atom is -0.355 e. The molecule has 1 aromatic rings. The van der Waals surface area contributed by atoms with Crippen molar-refractivity contribution in [3.05, 3.63) is 29.3 Å². The molecule has 5 nitrogen and oxygen atoms in total. The topological polar surface area (TPSA) is 75.4 Å². The second-order valence-electron chi connectivity index (χ2n) is 6.16. The maximum atomic E-state index is 12.4. The van der Waals surface area contributed by atoms with Crippen LogP contribution in [0.15, 0.2) is 29.2 Å². The maximum Gasteiger partial charge on any atom is 0.224 e. The van der Waals surface area contributed by atoms with E-state index in [2.05, 4.69) is 5.32 Å². The SMILES string of the molecule is Cl.NCCNC(=O)C1CCCN(C(=O)CCCSc2ccc(Cl)cc2)C1. The summed E-state index contributed by atoms with van der Waals surface area (Å²) in [5.74, 6) is 0.948. The fourth-order valence-electron chi connectivity index (χ4n) is 2.86. The lowest BCUT2D eigenvalue weighted by molar-refractivity contribution is -0.135. The Morgan fingerprint density at radius 3 is 2.73 bits per heavy atom. The van der Waals surface area contributed by atoms with Gasteiger partial charge in [-0.15, -0.1) is 24.2 Å². The number of carbonyl (C=O) groups is 2. The normalized spacial score (nSPS) is 16.7. The monoisotopic (exact) mass is 419 g/mol. The predicted molar refractivity (Wildman–Crippen MR) is 110 cm³/mol. The van der Waals surface area contributed by atoms with Crippen molar-refractivity contribution in [2.75, 3.05) is 31.9 Å². The van der Waals surface area contributed by atoms with E-state index in [1.807, 2.05) is 29.2 Å². The van der Waals surface area contributed by atoms with Gasteiger partial charge < -0.3 is 16.0 Å².